The second kappa shape index (κ2) is 3.09. The first-order valence-electron chi connectivity index (χ1n) is 2.59. The van der Waals surface area contributed by atoms with E-state index >= 15 is 0 Å². The van der Waals surface area contributed by atoms with Crippen LogP contribution in [0.4, 0.5) is 0 Å². The van der Waals surface area contributed by atoms with Crippen LogP contribution in [-0.2, 0) is 0 Å². The first-order chi connectivity index (χ1) is 3.62. The molecule has 0 radical (unpaired) electrons. The number of hydrogen-bond donors (Lipinski definition) is 0. The Hall–Kier alpha value is -0.0300. The topological polar surface area (TPSA) is 23.8 Å². The Balaban J connectivity index is 3.59. The molecule has 0 aromatic heterocycles. The van der Waals surface area contributed by atoms with E-state index in [1.165, 1.54) is 0 Å². The highest BCUT2D eigenvalue weighted by Gasteiger charge is 2.13. The molecular weight excluding hydrogens is 166 g/mol. The average molecular weight is 176 g/mol. The van der Waals surface area contributed by atoms with Crippen molar-refractivity contribution in [2.75, 3.05) is 5.33 Å². The molecular formula is C6H10BrN. The molecule has 0 aliphatic rings. The van der Waals surface area contributed by atoms with E-state index in [1.807, 2.05) is 13.8 Å². The molecule has 0 bridgehead atoms. The van der Waals surface area contributed by atoms with E-state index in [9.17, 15) is 0 Å². The minimum Gasteiger partial charge on any atom is -0.198 e. The zero-order chi connectivity index (χ0) is 6.62. The molecule has 0 aliphatic heterocycles. The van der Waals surface area contributed by atoms with Crippen molar-refractivity contribution in [1.29, 1.82) is 5.26 Å². The van der Waals surface area contributed by atoms with Gasteiger partial charge in [-0.3, -0.25) is 0 Å². The molecule has 0 heterocycles. The van der Waals surface area contributed by atoms with Crippen LogP contribution in [0.25, 0.3) is 0 Å². The summed E-state index contributed by atoms with van der Waals surface area (Å²) in [5.41, 5.74) is -0.149. The van der Waals surface area contributed by atoms with Gasteiger partial charge in [-0.05, 0) is 20.3 Å². The SMILES string of the molecule is CC(C)(C#N)CCBr. The first-order valence-corrected chi connectivity index (χ1v) is 3.72. The molecule has 2 heteroatoms. The quantitative estimate of drug-likeness (QED) is 0.592. The van der Waals surface area contributed by atoms with Gasteiger partial charge in [-0.15, -0.1) is 0 Å². The van der Waals surface area contributed by atoms with E-state index in [0.29, 0.717) is 0 Å². The Morgan fingerprint density at radius 2 is 2.12 bits per heavy atom. The molecule has 0 aromatic carbocycles. The van der Waals surface area contributed by atoms with Crippen molar-refractivity contribution in [3.05, 3.63) is 0 Å². The Bertz CT molecular complexity index is 102. The largest absolute Gasteiger partial charge is 0.198 e. The van der Waals surface area contributed by atoms with Gasteiger partial charge in [0, 0.05) is 5.33 Å². The zero-order valence-corrected chi connectivity index (χ0v) is 6.83. The smallest absolute Gasteiger partial charge is 0.0684 e. The van der Waals surface area contributed by atoms with Crippen LogP contribution in [0.5, 0.6) is 0 Å². The van der Waals surface area contributed by atoms with Gasteiger partial charge in [0.1, 0.15) is 0 Å². The average Bonchev–Trinajstić information content (AvgIpc) is 1.67. The molecule has 0 unspecified atom stereocenters. The molecule has 1 nitrogen and oxygen atoms in total. The first kappa shape index (κ1) is 7.97. The van der Waals surface area contributed by atoms with Gasteiger partial charge in [-0.1, -0.05) is 15.9 Å². The molecule has 0 N–H and O–H groups in total. The second-order valence-corrected chi connectivity index (χ2v) is 3.23. The summed E-state index contributed by atoms with van der Waals surface area (Å²) < 4.78 is 0. The lowest BCUT2D eigenvalue weighted by molar-refractivity contribution is 0.483. The van der Waals surface area contributed by atoms with E-state index in [0.717, 1.165) is 11.8 Å². The predicted octanol–water partition coefficient (Wildman–Crippen LogP) is 2.32. The Morgan fingerprint density at radius 1 is 1.62 bits per heavy atom. The highest BCUT2D eigenvalue weighted by molar-refractivity contribution is 9.09. The summed E-state index contributed by atoms with van der Waals surface area (Å²) in [6.45, 7) is 3.88. The number of hydrogen-bond acceptors (Lipinski definition) is 1. The van der Waals surface area contributed by atoms with Crippen molar-refractivity contribution < 1.29 is 0 Å². The number of nitrogens with zero attached hydrogens (tertiary/aromatic N) is 1. The summed E-state index contributed by atoms with van der Waals surface area (Å²) in [4.78, 5) is 0. The fraction of sp³-hybridized carbons (Fsp3) is 0.833. The lowest BCUT2D eigenvalue weighted by atomic mass is 9.93. The lowest BCUT2D eigenvalue weighted by Crippen LogP contribution is -2.07. The van der Waals surface area contributed by atoms with Gasteiger partial charge in [0.05, 0.1) is 11.5 Å². The van der Waals surface area contributed by atoms with E-state index in [4.69, 9.17) is 5.26 Å². The number of alkyl halides is 1. The summed E-state index contributed by atoms with van der Waals surface area (Å²) in [5, 5.41) is 9.36. The molecule has 8 heavy (non-hydrogen) atoms. The fourth-order valence-electron chi connectivity index (χ4n) is 0.292. The van der Waals surface area contributed by atoms with Crippen LogP contribution in [0.3, 0.4) is 0 Å². The van der Waals surface area contributed by atoms with Crippen LogP contribution >= 0.6 is 15.9 Å². The zero-order valence-electron chi connectivity index (χ0n) is 5.24. The van der Waals surface area contributed by atoms with E-state index in [-0.39, 0.29) is 5.41 Å². The van der Waals surface area contributed by atoms with Crippen molar-refractivity contribution in [2.45, 2.75) is 20.3 Å². The Kier molecular flexibility index (Phi) is 3.08. The van der Waals surface area contributed by atoms with E-state index in [1.54, 1.807) is 0 Å². The molecule has 0 amide bonds. The van der Waals surface area contributed by atoms with Crippen LogP contribution in [0, 0.1) is 16.7 Å². The number of halogens is 1. The summed E-state index contributed by atoms with van der Waals surface area (Å²) in [5.74, 6) is 0. The van der Waals surface area contributed by atoms with Gasteiger partial charge in [0.2, 0.25) is 0 Å². The van der Waals surface area contributed by atoms with Crippen LogP contribution < -0.4 is 0 Å². The number of rotatable bonds is 2. The van der Waals surface area contributed by atoms with Gasteiger partial charge in [0.25, 0.3) is 0 Å². The van der Waals surface area contributed by atoms with Gasteiger partial charge in [-0.2, -0.15) is 5.26 Å². The third-order valence-corrected chi connectivity index (χ3v) is 1.42. The van der Waals surface area contributed by atoms with Gasteiger partial charge in [-0.25, -0.2) is 0 Å². The monoisotopic (exact) mass is 175 g/mol. The maximum absolute atomic E-state index is 8.45. The molecule has 0 atom stereocenters. The second-order valence-electron chi connectivity index (χ2n) is 2.43. The Labute approximate surface area is 58.8 Å². The van der Waals surface area contributed by atoms with Crippen molar-refractivity contribution >= 4 is 15.9 Å². The molecule has 0 aromatic rings. The molecule has 0 rings (SSSR count). The molecule has 0 fully saturated rings. The summed E-state index contributed by atoms with van der Waals surface area (Å²) in [6.07, 6.45) is 0.920. The minimum atomic E-state index is -0.149. The lowest BCUT2D eigenvalue weighted by Gasteiger charge is -2.10. The van der Waals surface area contributed by atoms with Crippen LogP contribution in [0.15, 0.2) is 0 Å². The van der Waals surface area contributed by atoms with Crippen LogP contribution in [-0.4, -0.2) is 5.33 Å². The standard InChI is InChI=1S/C6H10BrN/c1-6(2,5-8)3-4-7/h3-4H2,1-2H3. The fourth-order valence-corrected chi connectivity index (χ4v) is 1.28. The normalized spacial score (nSPS) is 10.8. The molecule has 0 saturated carbocycles. The third kappa shape index (κ3) is 3.04. The van der Waals surface area contributed by atoms with E-state index < -0.39 is 0 Å². The van der Waals surface area contributed by atoms with Crippen LogP contribution in [0.2, 0.25) is 0 Å². The summed E-state index contributed by atoms with van der Waals surface area (Å²) in [7, 11) is 0. The van der Waals surface area contributed by atoms with Gasteiger partial charge in [0.15, 0.2) is 0 Å². The molecule has 0 aliphatic carbocycles. The van der Waals surface area contributed by atoms with Crippen molar-refractivity contribution in [3.63, 3.8) is 0 Å². The number of nitriles is 1. The van der Waals surface area contributed by atoms with Gasteiger partial charge >= 0.3 is 0 Å². The predicted molar refractivity (Wildman–Crippen MR) is 37.8 cm³/mol. The minimum absolute atomic E-state index is 0.149. The Morgan fingerprint density at radius 3 is 2.25 bits per heavy atom. The maximum atomic E-state index is 8.45. The van der Waals surface area contributed by atoms with Crippen LogP contribution in [0.1, 0.15) is 20.3 Å². The van der Waals surface area contributed by atoms with Crippen molar-refractivity contribution in [2.24, 2.45) is 5.41 Å². The van der Waals surface area contributed by atoms with Gasteiger partial charge < -0.3 is 0 Å². The highest BCUT2D eigenvalue weighted by Crippen LogP contribution is 2.18. The third-order valence-electron chi connectivity index (χ3n) is 1.02. The molecule has 0 saturated heterocycles. The molecule has 46 valence electrons. The summed E-state index contributed by atoms with van der Waals surface area (Å²) >= 11 is 3.27. The molecule has 0 spiro atoms. The van der Waals surface area contributed by atoms with E-state index in [2.05, 4.69) is 22.0 Å². The summed E-state index contributed by atoms with van der Waals surface area (Å²) in [6, 6.07) is 2.21. The van der Waals surface area contributed by atoms with Crippen molar-refractivity contribution in [3.8, 4) is 6.07 Å². The van der Waals surface area contributed by atoms with Crippen molar-refractivity contribution in [1.82, 2.24) is 0 Å². The highest BCUT2D eigenvalue weighted by atomic mass is 79.9. The maximum Gasteiger partial charge on any atom is 0.0684 e.